The minimum Gasteiger partial charge on any atom is -0.494 e. The predicted molar refractivity (Wildman–Crippen MR) is 70.3 cm³/mol. The van der Waals surface area contributed by atoms with Crippen LogP contribution in [-0.4, -0.2) is 17.9 Å². The van der Waals surface area contributed by atoms with Gasteiger partial charge in [-0.05, 0) is 43.5 Å². The van der Waals surface area contributed by atoms with Gasteiger partial charge in [0.15, 0.2) is 0 Å². The van der Waals surface area contributed by atoms with Crippen molar-refractivity contribution >= 4 is 11.6 Å². The van der Waals surface area contributed by atoms with Gasteiger partial charge >= 0.3 is 0 Å². The number of aryl methyl sites for hydroxylation is 1. The Morgan fingerprint density at radius 2 is 2.18 bits per heavy atom. The molecule has 0 aliphatic heterocycles. The third kappa shape index (κ3) is 4.54. The number of aliphatic hydroxyl groups excluding tert-OH is 1. The molecule has 3 nitrogen and oxygen atoms in total. The fourth-order valence-electron chi connectivity index (χ4n) is 1.65. The van der Waals surface area contributed by atoms with Gasteiger partial charge in [-0.1, -0.05) is 18.5 Å². The molecule has 1 unspecified atom stereocenters. The zero-order valence-corrected chi connectivity index (χ0v) is 11.1. The molecular weight excluding hydrogens is 238 g/mol. The molecule has 1 aromatic rings. The van der Waals surface area contributed by atoms with Gasteiger partial charge in [-0.15, -0.1) is 0 Å². The van der Waals surface area contributed by atoms with Crippen molar-refractivity contribution < 1.29 is 9.84 Å². The van der Waals surface area contributed by atoms with Gasteiger partial charge < -0.3 is 15.6 Å². The van der Waals surface area contributed by atoms with E-state index < -0.39 is 6.23 Å². The van der Waals surface area contributed by atoms with Crippen molar-refractivity contribution in [2.75, 3.05) is 6.61 Å². The quantitative estimate of drug-likeness (QED) is 0.771. The highest BCUT2D eigenvalue weighted by Gasteiger charge is 2.12. The van der Waals surface area contributed by atoms with Gasteiger partial charge in [0.2, 0.25) is 0 Å². The van der Waals surface area contributed by atoms with Crippen molar-refractivity contribution in [3.8, 4) is 5.75 Å². The van der Waals surface area contributed by atoms with E-state index in [0.717, 1.165) is 29.2 Å². The lowest BCUT2D eigenvalue weighted by molar-refractivity contribution is 0.0954. The summed E-state index contributed by atoms with van der Waals surface area (Å²) in [4.78, 5) is 0. The van der Waals surface area contributed by atoms with Crippen LogP contribution >= 0.6 is 11.6 Å². The summed E-state index contributed by atoms with van der Waals surface area (Å²) in [5.74, 6) is 0.886. The molecule has 1 aromatic carbocycles. The Labute approximate surface area is 108 Å². The Hall–Kier alpha value is -0.770. The van der Waals surface area contributed by atoms with E-state index >= 15 is 0 Å². The molecule has 0 radical (unpaired) electrons. The maximum Gasteiger partial charge on any atom is 0.119 e. The summed E-state index contributed by atoms with van der Waals surface area (Å²) in [6, 6.07) is 5.57. The Balaban J connectivity index is 2.42. The molecule has 0 bridgehead atoms. The second-order valence-electron chi connectivity index (χ2n) is 4.21. The van der Waals surface area contributed by atoms with E-state index in [0.29, 0.717) is 6.61 Å². The molecule has 0 spiro atoms. The Morgan fingerprint density at radius 3 is 2.71 bits per heavy atom. The highest BCUT2D eigenvalue weighted by Crippen LogP contribution is 2.21. The third-order valence-corrected chi connectivity index (χ3v) is 3.32. The number of nitrogens with two attached hydrogens (primary N) is 1. The van der Waals surface area contributed by atoms with Crippen LogP contribution in [-0.2, 0) is 0 Å². The summed E-state index contributed by atoms with van der Waals surface area (Å²) in [5.41, 5.74) is 6.45. The van der Waals surface area contributed by atoms with Crippen LogP contribution < -0.4 is 10.5 Å². The zero-order chi connectivity index (χ0) is 12.8. The fourth-order valence-corrected chi connectivity index (χ4v) is 1.77. The first kappa shape index (κ1) is 14.3. The molecular formula is C13H20ClNO2. The van der Waals surface area contributed by atoms with Gasteiger partial charge in [0.25, 0.3) is 0 Å². The smallest absolute Gasteiger partial charge is 0.119 e. The largest absolute Gasteiger partial charge is 0.494 e. The SMILES string of the molecule is CCC(CCOc1ccc(Cl)c(C)c1)[C@H](N)O. The summed E-state index contributed by atoms with van der Waals surface area (Å²) in [7, 11) is 0. The predicted octanol–water partition coefficient (Wildman–Crippen LogP) is 2.72. The molecule has 0 heterocycles. The lowest BCUT2D eigenvalue weighted by atomic mass is 10.0. The molecule has 0 aliphatic carbocycles. The maximum absolute atomic E-state index is 9.29. The van der Waals surface area contributed by atoms with Crippen LogP contribution in [0.3, 0.4) is 0 Å². The van der Waals surface area contributed by atoms with Crippen molar-refractivity contribution in [2.45, 2.75) is 32.9 Å². The number of ether oxygens (including phenoxy) is 1. The van der Waals surface area contributed by atoms with Crippen LogP contribution in [0.2, 0.25) is 5.02 Å². The molecule has 0 aliphatic rings. The second-order valence-corrected chi connectivity index (χ2v) is 4.61. The molecule has 0 fully saturated rings. The van der Waals surface area contributed by atoms with Crippen LogP contribution in [0.5, 0.6) is 5.75 Å². The molecule has 0 saturated heterocycles. The summed E-state index contributed by atoms with van der Waals surface area (Å²) in [6.45, 7) is 4.49. The number of hydrogen-bond acceptors (Lipinski definition) is 3. The van der Waals surface area contributed by atoms with Crippen LogP contribution in [0.25, 0.3) is 0 Å². The highest BCUT2D eigenvalue weighted by atomic mass is 35.5. The Kier molecular flexibility index (Phi) is 5.75. The molecule has 1 rings (SSSR count). The second kappa shape index (κ2) is 6.84. The first-order valence-corrected chi connectivity index (χ1v) is 6.25. The maximum atomic E-state index is 9.29. The normalized spacial score (nSPS) is 14.4. The summed E-state index contributed by atoms with van der Waals surface area (Å²) in [5, 5.41) is 10.0. The molecule has 0 saturated carbocycles. The minimum absolute atomic E-state index is 0.0865. The van der Waals surface area contributed by atoms with Crippen LogP contribution in [0.15, 0.2) is 18.2 Å². The van der Waals surface area contributed by atoms with Gasteiger partial charge in [-0.2, -0.15) is 0 Å². The van der Waals surface area contributed by atoms with Gasteiger partial charge in [-0.3, -0.25) is 0 Å². The molecule has 4 heteroatoms. The van der Waals surface area contributed by atoms with Crippen LogP contribution in [0.4, 0.5) is 0 Å². The molecule has 17 heavy (non-hydrogen) atoms. The van der Waals surface area contributed by atoms with Gasteiger partial charge in [0.05, 0.1) is 6.61 Å². The van der Waals surface area contributed by atoms with Gasteiger partial charge in [0.1, 0.15) is 12.0 Å². The number of rotatable bonds is 6. The molecule has 2 atom stereocenters. The van der Waals surface area contributed by atoms with E-state index in [1.807, 2.05) is 32.0 Å². The van der Waals surface area contributed by atoms with E-state index in [1.165, 1.54) is 0 Å². The lowest BCUT2D eigenvalue weighted by Crippen LogP contribution is -2.30. The van der Waals surface area contributed by atoms with Crippen molar-refractivity contribution in [2.24, 2.45) is 11.7 Å². The number of benzene rings is 1. The molecule has 96 valence electrons. The summed E-state index contributed by atoms with van der Waals surface area (Å²) >= 11 is 5.92. The van der Waals surface area contributed by atoms with E-state index in [4.69, 9.17) is 22.1 Å². The number of aliphatic hydroxyl groups is 1. The lowest BCUT2D eigenvalue weighted by Gasteiger charge is -2.18. The standard InChI is InChI=1S/C13H20ClNO2/c1-3-10(13(15)16)6-7-17-11-4-5-12(14)9(2)8-11/h4-5,8,10,13,16H,3,6-7,15H2,1-2H3/t10?,13-/m1/s1. The van der Waals surface area contributed by atoms with E-state index in [-0.39, 0.29) is 5.92 Å². The highest BCUT2D eigenvalue weighted by molar-refractivity contribution is 6.31. The minimum atomic E-state index is -0.768. The number of halogens is 1. The van der Waals surface area contributed by atoms with Crippen molar-refractivity contribution in [1.82, 2.24) is 0 Å². The summed E-state index contributed by atoms with van der Waals surface area (Å²) in [6.07, 6.45) is 0.826. The average Bonchev–Trinajstić information content (AvgIpc) is 2.28. The van der Waals surface area contributed by atoms with Crippen molar-refractivity contribution in [3.63, 3.8) is 0 Å². The monoisotopic (exact) mass is 257 g/mol. The van der Waals surface area contributed by atoms with Crippen LogP contribution in [0.1, 0.15) is 25.3 Å². The third-order valence-electron chi connectivity index (χ3n) is 2.89. The Morgan fingerprint density at radius 1 is 1.47 bits per heavy atom. The van der Waals surface area contributed by atoms with Gasteiger partial charge in [0, 0.05) is 10.9 Å². The van der Waals surface area contributed by atoms with E-state index in [9.17, 15) is 5.11 Å². The van der Waals surface area contributed by atoms with Crippen LogP contribution in [0, 0.1) is 12.8 Å². The zero-order valence-electron chi connectivity index (χ0n) is 10.3. The first-order valence-electron chi connectivity index (χ1n) is 5.87. The van der Waals surface area contributed by atoms with Crippen molar-refractivity contribution in [1.29, 1.82) is 0 Å². The Bertz CT molecular complexity index is 355. The number of hydrogen-bond donors (Lipinski definition) is 2. The summed E-state index contributed by atoms with van der Waals surface area (Å²) < 4.78 is 5.60. The van der Waals surface area contributed by atoms with E-state index in [2.05, 4.69) is 0 Å². The molecule has 0 aromatic heterocycles. The topological polar surface area (TPSA) is 55.5 Å². The first-order chi connectivity index (χ1) is 8.04. The molecule has 3 N–H and O–H groups in total. The fraction of sp³-hybridized carbons (Fsp3) is 0.538. The van der Waals surface area contributed by atoms with E-state index in [1.54, 1.807) is 0 Å². The molecule has 0 amide bonds. The average molecular weight is 258 g/mol. The van der Waals surface area contributed by atoms with Gasteiger partial charge in [-0.25, -0.2) is 0 Å². The van der Waals surface area contributed by atoms with Crippen molar-refractivity contribution in [3.05, 3.63) is 28.8 Å².